The molecule has 354 valence electrons. The van der Waals surface area contributed by atoms with Crippen LogP contribution in [0.15, 0.2) is 97.1 Å². The number of benzene rings is 4. The van der Waals surface area contributed by atoms with E-state index < -0.39 is 0 Å². The average Bonchev–Trinajstić information content (AvgIpc) is 3.38. The molecule has 65 heavy (non-hydrogen) atoms. The van der Waals surface area contributed by atoms with E-state index in [1.54, 1.807) is 22.3 Å². The van der Waals surface area contributed by atoms with Gasteiger partial charge in [0.1, 0.15) is 0 Å². The molecule has 4 aromatic rings. The summed E-state index contributed by atoms with van der Waals surface area (Å²) in [5.41, 5.74) is 11.8. The Labute approximate surface area is 401 Å². The molecule has 0 spiro atoms. The van der Waals surface area contributed by atoms with E-state index in [0.717, 1.165) is 47.3 Å². The van der Waals surface area contributed by atoms with E-state index in [4.69, 9.17) is 0 Å². The molecule has 0 nitrogen and oxygen atoms in total. The van der Waals surface area contributed by atoms with Crippen LogP contribution in [0.1, 0.15) is 260 Å². The van der Waals surface area contributed by atoms with E-state index in [1.165, 1.54) is 208 Å². The Morgan fingerprint density at radius 3 is 0.646 bits per heavy atom. The lowest BCUT2D eigenvalue weighted by molar-refractivity contribution is 0.303. The molecule has 4 saturated carbocycles. The summed E-state index contributed by atoms with van der Waals surface area (Å²) >= 11 is 0. The minimum Gasteiger partial charge on any atom is -0.0654 e. The highest BCUT2D eigenvalue weighted by atomic mass is 14.3. The largest absolute Gasteiger partial charge is 0.0654 e. The molecule has 0 heteroatoms. The molecule has 4 aliphatic rings. The second kappa shape index (κ2) is 27.0. The minimum absolute atomic E-state index is 0.788. The van der Waals surface area contributed by atoms with E-state index in [2.05, 4.69) is 125 Å². The van der Waals surface area contributed by atoms with Crippen molar-refractivity contribution >= 4 is 0 Å². The molecule has 0 aliphatic heterocycles. The Balaban J connectivity index is 0.000000194. The normalized spacial score (nSPS) is 26.0. The highest BCUT2D eigenvalue weighted by Gasteiger charge is 2.25. The van der Waals surface area contributed by atoms with Gasteiger partial charge in [-0.3, -0.25) is 0 Å². The number of rotatable bonds is 19. The molecule has 4 aromatic carbocycles. The fraction of sp³-hybridized carbons (Fsp3) is 0.631. The highest BCUT2D eigenvalue weighted by molar-refractivity contribution is 5.65. The second-order valence-electron chi connectivity index (χ2n) is 22.3. The zero-order chi connectivity index (χ0) is 45.1. The minimum atomic E-state index is 0.788. The lowest BCUT2D eigenvalue weighted by Crippen LogP contribution is -2.13. The van der Waals surface area contributed by atoms with Crippen LogP contribution in [0, 0.1) is 23.7 Å². The number of hydrogen-bond donors (Lipinski definition) is 0. The SMILES string of the molecule is CCCCC[C@H]1CC[C@H](c2ccc(-c3ccc([C@H]4CC[C@H](CCCC)CC4)cc3)cc2)CC1.CCCC[C@H]1CC[C@H](c2ccc(-c3ccc([C@H]4CC[C@H](CCCC)CC4)cc3)cc2)CC1. The van der Waals surface area contributed by atoms with Crippen molar-refractivity contribution in [2.75, 3.05) is 0 Å². The maximum Gasteiger partial charge on any atom is -0.0162 e. The molecular weight excluding hydrogens is 781 g/mol. The van der Waals surface area contributed by atoms with Gasteiger partial charge in [0, 0.05) is 0 Å². The van der Waals surface area contributed by atoms with Gasteiger partial charge < -0.3 is 0 Å². The number of unbranched alkanes of at least 4 members (excludes halogenated alkanes) is 5. The third-order valence-corrected chi connectivity index (χ3v) is 17.7. The summed E-state index contributed by atoms with van der Waals surface area (Å²) in [6.07, 6.45) is 41.0. The second-order valence-corrected chi connectivity index (χ2v) is 22.3. The van der Waals surface area contributed by atoms with Crippen molar-refractivity contribution < 1.29 is 0 Å². The Kier molecular flexibility index (Phi) is 20.7. The van der Waals surface area contributed by atoms with Gasteiger partial charge in [-0.05, 0) is 195 Å². The van der Waals surface area contributed by atoms with Crippen LogP contribution in [-0.2, 0) is 0 Å². The topological polar surface area (TPSA) is 0 Å². The van der Waals surface area contributed by atoms with Crippen LogP contribution >= 0.6 is 0 Å². The summed E-state index contributed by atoms with van der Waals surface area (Å²) in [6.45, 7) is 9.27. The standard InChI is InChI=1S/C33H48.C32H46/c1-3-5-7-9-27-12-16-29(17-13-27)31-20-24-33(25-21-31)32-22-18-30(19-23-32)28-14-10-26(11-15-28)8-6-4-2;1-3-5-7-25-9-13-27(14-10-25)29-17-21-31(22-18-29)32-23-19-30(20-24-32)28-15-11-26(12-16-28)8-6-4-2/h18-29H,3-17H2,1-2H3;17-28H,3-16H2,1-2H3/t26-,27-,28-,29-;25-,26-,27-,28-. The maximum absolute atomic E-state index is 2.42. The van der Waals surface area contributed by atoms with Crippen LogP contribution in [0.25, 0.3) is 22.3 Å². The summed E-state index contributed by atoms with van der Waals surface area (Å²) in [5, 5.41) is 0. The third kappa shape index (κ3) is 15.2. The van der Waals surface area contributed by atoms with Gasteiger partial charge in [-0.1, -0.05) is 208 Å². The zero-order valence-corrected chi connectivity index (χ0v) is 42.4. The lowest BCUT2D eigenvalue weighted by Gasteiger charge is -2.29. The number of hydrogen-bond acceptors (Lipinski definition) is 0. The Morgan fingerprint density at radius 1 is 0.246 bits per heavy atom. The molecular formula is C65H94. The molecule has 0 atom stereocenters. The van der Waals surface area contributed by atoms with Gasteiger partial charge in [0.15, 0.2) is 0 Å². The van der Waals surface area contributed by atoms with Crippen LogP contribution < -0.4 is 0 Å². The van der Waals surface area contributed by atoms with E-state index in [0.29, 0.717) is 0 Å². The Bertz CT molecular complexity index is 1760. The predicted octanol–water partition coefficient (Wildman–Crippen LogP) is 21.0. The van der Waals surface area contributed by atoms with Crippen LogP contribution in [0.2, 0.25) is 0 Å². The molecule has 0 N–H and O–H groups in total. The molecule has 0 heterocycles. The van der Waals surface area contributed by atoms with E-state index in [9.17, 15) is 0 Å². The monoisotopic (exact) mass is 875 g/mol. The van der Waals surface area contributed by atoms with Gasteiger partial charge in [0.05, 0.1) is 0 Å². The van der Waals surface area contributed by atoms with Gasteiger partial charge in [0.25, 0.3) is 0 Å². The van der Waals surface area contributed by atoms with E-state index in [-0.39, 0.29) is 0 Å². The summed E-state index contributed by atoms with van der Waals surface area (Å²) < 4.78 is 0. The molecule has 0 amide bonds. The smallest absolute Gasteiger partial charge is 0.0162 e. The van der Waals surface area contributed by atoms with E-state index >= 15 is 0 Å². The van der Waals surface area contributed by atoms with Crippen molar-refractivity contribution in [1.82, 2.24) is 0 Å². The zero-order valence-electron chi connectivity index (χ0n) is 42.4. The van der Waals surface area contributed by atoms with E-state index in [1.807, 2.05) is 0 Å². The van der Waals surface area contributed by atoms with Gasteiger partial charge >= 0.3 is 0 Å². The lowest BCUT2D eigenvalue weighted by atomic mass is 9.76. The molecule has 0 unspecified atom stereocenters. The molecule has 0 bridgehead atoms. The molecule has 4 aliphatic carbocycles. The quantitative estimate of drug-likeness (QED) is 0.0824. The molecule has 0 radical (unpaired) electrons. The first-order valence-corrected chi connectivity index (χ1v) is 28.4. The Hall–Kier alpha value is -3.12. The van der Waals surface area contributed by atoms with Crippen molar-refractivity contribution in [3.05, 3.63) is 119 Å². The molecule has 0 saturated heterocycles. The molecule has 8 rings (SSSR count). The summed E-state index contributed by atoms with van der Waals surface area (Å²) in [4.78, 5) is 0. The fourth-order valence-electron chi connectivity index (χ4n) is 13.1. The van der Waals surface area contributed by atoms with Crippen molar-refractivity contribution in [3.63, 3.8) is 0 Å². The van der Waals surface area contributed by atoms with Gasteiger partial charge in [-0.15, -0.1) is 0 Å². The first-order valence-electron chi connectivity index (χ1n) is 28.4. The van der Waals surface area contributed by atoms with Crippen LogP contribution in [0.4, 0.5) is 0 Å². The predicted molar refractivity (Wildman–Crippen MR) is 285 cm³/mol. The average molecular weight is 875 g/mol. The molecule has 4 fully saturated rings. The van der Waals surface area contributed by atoms with Crippen molar-refractivity contribution in [2.24, 2.45) is 23.7 Å². The van der Waals surface area contributed by atoms with Crippen molar-refractivity contribution in [2.45, 2.75) is 238 Å². The van der Waals surface area contributed by atoms with Gasteiger partial charge in [0.2, 0.25) is 0 Å². The first kappa shape index (κ1) is 49.8. The summed E-state index contributed by atoms with van der Waals surface area (Å²) in [7, 11) is 0. The van der Waals surface area contributed by atoms with Crippen LogP contribution in [0.3, 0.4) is 0 Å². The van der Waals surface area contributed by atoms with Crippen LogP contribution in [0.5, 0.6) is 0 Å². The van der Waals surface area contributed by atoms with Crippen molar-refractivity contribution in [1.29, 1.82) is 0 Å². The van der Waals surface area contributed by atoms with Gasteiger partial charge in [-0.25, -0.2) is 0 Å². The summed E-state index contributed by atoms with van der Waals surface area (Å²) in [6, 6.07) is 38.3. The van der Waals surface area contributed by atoms with Crippen LogP contribution in [-0.4, -0.2) is 0 Å². The van der Waals surface area contributed by atoms with Crippen molar-refractivity contribution in [3.8, 4) is 22.3 Å². The highest BCUT2D eigenvalue weighted by Crippen LogP contribution is 2.42. The third-order valence-electron chi connectivity index (χ3n) is 17.7. The summed E-state index contributed by atoms with van der Waals surface area (Å²) in [5.74, 6) is 7.14. The molecule has 0 aromatic heterocycles. The maximum atomic E-state index is 2.42. The first-order chi connectivity index (χ1) is 32.0. The van der Waals surface area contributed by atoms with Gasteiger partial charge in [-0.2, -0.15) is 0 Å². The fourth-order valence-corrected chi connectivity index (χ4v) is 13.1. The Morgan fingerprint density at radius 2 is 0.446 bits per heavy atom.